The molecular weight excluding hydrogens is 530 g/mol. The molecule has 3 aromatic rings. The van der Waals surface area contributed by atoms with E-state index in [1.165, 1.54) is 18.2 Å². The molecule has 0 N–H and O–H groups in total. The second-order valence-electron chi connectivity index (χ2n) is 8.35. The summed E-state index contributed by atoms with van der Waals surface area (Å²) >= 11 is 0. The molecule has 1 heterocycles. The molecule has 0 saturated carbocycles. The molecule has 0 spiro atoms. The molecule has 0 unspecified atom stereocenters. The van der Waals surface area contributed by atoms with Gasteiger partial charge in [-0.15, -0.1) is 0 Å². The second kappa shape index (κ2) is 11.5. The van der Waals surface area contributed by atoms with E-state index in [4.69, 9.17) is 4.74 Å². The maximum Gasteiger partial charge on any atom is 1.00 e. The molecule has 0 atom stereocenters. The molecule has 4 rings (SSSR count). The van der Waals surface area contributed by atoms with Crippen molar-refractivity contribution in [3.8, 4) is 5.88 Å². The molecule has 0 aliphatic heterocycles. The van der Waals surface area contributed by atoms with Crippen LogP contribution in [0.3, 0.4) is 0 Å². The Morgan fingerprint density at radius 3 is 2.13 bits per heavy atom. The van der Waals surface area contributed by atoms with Crippen molar-refractivity contribution in [1.29, 1.82) is 0 Å². The van der Waals surface area contributed by atoms with Crippen LogP contribution in [0, 0.1) is 5.82 Å². The number of carboxylic acids is 1. The maximum absolute atomic E-state index is 13.9. The molecule has 0 saturated heterocycles. The van der Waals surface area contributed by atoms with Gasteiger partial charge >= 0.3 is 41.9 Å². The Balaban J connectivity index is 0.00000400. The van der Waals surface area contributed by atoms with Gasteiger partial charge in [0.1, 0.15) is 12.4 Å². The van der Waals surface area contributed by atoms with Gasteiger partial charge in [-0.05, 0) is 71.9 Å². The van der Waals surface area contributed by atoms with Crippen LogP contribution in [0.2, 0.25) is 0 Å². The third-order valence-electron chi connectivity index (χ3n) is 5.91. The Hall–Kier alpha value is -2.89. The quantitative estimate of drug-likeness (QED) is 0.351. The molecule has 38 heavy (non-hydrogen) atoms. The number of carbonyl (C=O) groups is 1. The van der Waals surface area contributed by atoms with Gasteiger partial charge < -0.3 is 14.6 Å². The van der Waals surface area contributed by atoms with E-state index in [1.807, 2.05) is 0 Å². The number of benzene rings is 2. The summed E-state index contributed by atoms with van der Waals surface area (Å²) in [5, 5.41) is 11.3. The number of alkyl halides is 6. The van der Waals surface area contributed by atoms with Crippen LogP contribution < -0.4 is 39.4 Å². The number of pyridine rings is 1. The predicted molar refractivity (Wildman–Crippen MR) is 116 cm³/mol. The van der Waals surface area contributed by atoms with E-state index in [-0.39, 0.29) is 47.6 Å². The minimum Gasteiger partial charge on any atom is -0.545 e. The summed E-state index contributed by atoms with van der Waals surface area (Å²) in [6, 6.07) is 8.29. The Morgan fingerprint density at radius 1 is 0.895 bits per heavy atom. The summed E-state index contributed by atoms with van der Waals surface area (Å²) in [4.78, 5) is 15.1. The van der Waals surface area contributed by atoms with Crippen molar-refractivity contribution in [3.63, 3.8) is 0 Å². The van der Waals surface area contributed by atoms with Crippen LogP contribution in [0.15, 0.2) is 54.7 Å². The standard InChI is InChI=1S/C26H18F7NO3.Na/c27-22-9-6-15(10-21(22)24(35)36)18-2-1-3-19(18)20-11-17(26(31,32)33)12-34-23(20)37-13-14-4-7-16(8-5-14)25(28,29)30;/h4-12H,1-3,13H2,(H,35,36);/q;+1/p-1. The number of hydrogen-bond donors (Lipinski definition) is 0. The van der Waals surface area contributed by atoms with Gasteiger partial charge in [0.25, 0.3) is 0 Å². The SMILES string of the molecule is O=C([O-])c1cc(C2=C(c3cc(C(F)(F)F)cnc3OCc3ccc(C(F)(F)F)cc3)CCC2)ccc1F.[Na+]. The number of carbonyl (C=O) groups excluding carboxylic acids is 1. The zero-order chi connectivity index (χ0) is 27.0. The number of nitrogens with zero attached hydrogens (tertiary/aromatic N) is 1. The van der Waals surface area contributed by atoms with E-state index in [1.54, 1.807) is 0 Å². The largest absolute Gasteiger partial charge is 1.00 e. The van der Waals surface area contributed by atoms with Gasteiger partial charge in [-0.1, -0.05) is 18.2 Å². The summed E-state index contributed by atoms with van der Waals surface area (Å²) in [6.45, 7) is -0.266. The molecule has 2 aromatic carbocycles. The van der Waals surface area contributed by atoms with Gasteiger partial charge in [0.15, 0.2) is 0 Å². The summed E-state index contributed by atoms with van der Waals surface area (Å²) in [5.74, 6) is -2.92. The Labute approximate surface area is 234 Å². The molecular formula is C26H17F7NNaO3. The number of rotatable bonds is 6. The fourth-order valence-electron chi connectivity index (χ4n) is 4.11. The molecule has 0 radical (unpaired) electrons. The van der Waals surface area contributed by atoms with Crippen LogP contribution in [0.25, 0.3) is 11.1 Å². The normalized spacial score (nSPS) is 13.9. The third-order valence-corrected chi connectivity index (χ3v) is 5.91. The monoisotopic (exact) mass is 547 g/mol. The first-order valence-electron chi connectivity index (χ1n) is 10.9. The van der Waals surface area contributed by atoms with E-state index in [9.17, 15) is 40.6 Å². The van der Waals surface area contributed by atoms with Crippen molar-refractivity contribution in [2.75, 3.05) is 0 Å². The van der Waals surface area contributed by atoms with Crippen molar-refractivity contribution in [3.05, 3.63) is 93.9 Å². The fourth-order valence-corrected chi connectivity index (χ4v) is 4.11. The zero-order valence-electron chi connectivity index (χ0n) is 19.8. The van der Waals surface area contributed by atoms with Gasteiger partial charge in [0, 0.05) is 17.3 Å². The Kier molecular flexibility index (Phi) is 8.95. The number of hydrogen-bond acceptors (Lipinski definition) is 4. The van der Waals surface area contributed by atoms with Crippen molar-refractivity contribution in [2.45, 2.75) is 38.2 Å². The minimum atomic E-state index is -4.72. The fraction of sp³-hybridized carbons (Fsp3) is 0.231. The number of allylic oxidation sites excluding steroid dienone is 2. The number of carboxylic acid groups (broad SMARTS) is 1. The molecule has 1 aliphatic rings. The van der Waals surface area contributed by atoms with Crippen LogP contribution in [-0.4, -0.2) is 11.0 Å². The van der Waals surface area contributed by atoms with Gasteiger partial charge in [0.05, 0.1) is 17.1 Å². The molecule has 194 valence electrons. The molecule has 0 bridgehead atoms. The molecule has 1 aromatic heterocycles. The number of aromatic carboxylic acids is 1. The molecule has 0 fully saturated rings. The van der Waals surface area contributed by atoms with E-state index in [0.29, 0.717) is 47.7 Å². The van der Waals surface area contributed by atoms with Gasteiger partial charge in [-0.2, -0.15) is 26.3 Å². The van der Waals surface area contributed by atoms with Gasteiger partial charge in [-0.25, -0.2) is 9.37 Å². The number of halogens is 7. The molecule has 12 heteroatoms. The second-order valence-corrected chi connectivity index (χ2v) is 8.35. The predicted octanol–water partition coefficient (Wildman–Crippen LogP) is 3.30. The first-order chi connectivity index (χ1) is 17.3. The van der Waals surface area contributed by atoms with Gasteiger partial charge in [0.2, 0.25) is 5.88 Å². The van der Waals surface area contributed by atoms with Crippen LogP contribution in [0.5, 0.6) is 5.88 Å². The summed E-state index contributed by atoms with van der Waals surface area (Å²) < 4.78 is 98.3. The van der Waals surface area contributed by atoms with Crippen molar-refractivity contribution >= 4 is 17.1 Å². The van der Waals surface area contributed by atoms with E-state index < -0.39 is 40.8 Å². The first kappa shape index (κ1) is 29.7. The zero-order valence-corrected chi connectivity index (χ0v) is 21.8. The van der Waals surface area contributed by atoms with Crippen molar-refractivity contribution < 1.29 is 74.9 Å². The third kappa shape index (κ3) is 6.57. The van der Waals surface area contributed by atoms with Gasteiger partial charge in [-0.3, -0.25) is 0 Å². The molecule has 1 aliphatic carbocycles. The number of aromatic nitrogens is 1. The summed E-state index contributed by atoms with van der Waals surface area (Å²) in [5.41, 5.74) is -1.03. The van der Waals surface area contributed by atoms with E-state index >= 15 is 0 Å². The van der Waals surface area contributed by atoms with Crippen LogP contribution >= 0.6 is 0 Å². The smallest absolute Gasteiger partial charge is 0.545 e. The average Bonchev–Trinajstić information content (AvgIpc) is 3.31. The minimum absolute atomic E-state index is 0. The summed E-state index contributed by atoms with van der Waals surface area (Å²) in [7, 11) is 0. The van der Waals surface area contributed by atoms with E-state index in [0.717, 1.165) is 30.3 Å². The topological polar surface area (TPSA) is 62.2 Å². The first-order valence-corrected chi connectivity index (χ1v) is 10.9. The number of ether oxygens (including phenoxy) is 1. The maximum atomic E-state index is 13.9. The molecule has 4 nitrogen and oxygen atoms in total. The van der Waals surface area contributed by atoms with Crippen LogP contribution in [0.1, 0.15) is 57.4 Å². The van der Waals surface area contributed by atoms with Crippen molar-refractivity contribution in [1.82, 2.24) is 4.98 Å². The average molecular weight is 547 g/mol. The van der Waals surface area contributed by atoms with Crippen LogP contribution in [0.4, 0.5) is 30.7 Å². The van der Waals surface area contributed by atoms with E-state index in [2.05, 4.69) is 4.98 Å². The summed E-state index contributed by atoms with van der Waals surface area (Å²) in [6.07, 6.45) is -7.44. The Morgan fingerprint density at radius 2 is 1.53 bits per heavy atom. The van der Waals surface area contributed by atoms with Crippen LogP contribution in [-0.2, 0) is 19.0 Å². The van der Waals surface area contributed by atoms with Crippen molar-refractivity contribution in [2.24, 2.45) is 0 Å². The Bertz CT molecular complexity index is 1370. The molecule has 0 amide bonds.